The van der Waals surface area contributed by atoms with Gasteiger partial charge in [-0.05, 0) is 20.3 Å². The van der Waals surface area contributed by atoms with Crippen LogP contribution in [-0.4, -0.2) is 34.5 Å². The molecular formula is C11H20N2O2S. The second kappa shape index (κ2) is 6.30. The minimum atomic E-state index is -0.262. The monoisotopic (exact) mass is 244 g/mol. The highest BCUT2D eigenvalue weighted by molar-refractivity contribution is 7.11. The Hall–Kier alpha value is -0.490. The van der Waals surface area contributed by atoms with Crippen LogP contribution in [0, 0.1) is 6.92 Å². The smallest absolute Gasteiger partial charge is 0.0928 e. The molecule has 16 heavy (non-hydrogen) atoms. The van der Waals surface area contributed by atoms with Crippen molar-refractivity contribution in [2.75, 3.05) is 13.2 Å². The molecule has 0 bridgehead atoms. The molecule has 0 spiro atoms. The molecule has 3 N–H and O–H groups in total. The van der Waals surface area contributed by atoms with E-state index < -0.39 is 0 Å². The molecule has 1 rings (SSSR count). The van der Waals surface area contributed by atoms with E-state index in [0.717, 1.165) is 17.1 Å². The van der Waals surface area contributed by atoms with E-state index in [-0.39, 0.29) is 25.3 Å². The molecule has 1 atom stereocenters. The zero-order valence-electron chi connectivity index (χ0n) is 10.0. The number of nitrogens with one attached hydrogen (secondary N) is 1. The average Bonchev–Trinajstić information content (AvgIpc) is 2.67. The summed E-state index contributed by atoms with van der Waals surface area (Å²) in [6, 6.07) is -0.149. The summed E-state index contributed by atoms with van der Waals surface area (Å²) >= 11 is 1.69. The van der Waals surface area contributed by atoms with Crippen LogP contribution in [0.3, 0.4) is 0 Å². The third-order valence-electron chi connectivity index (χ3n) is 2.50. The number of aliphatic hydroxyl groups excluding tert-OH is 2. The predicted molar refractivity (Wildman–Crippen MR) is 65.7 cm³/mol. The summed E-state index contributed by atoms with van der Waals surface area (Å²) in [7, 11) is 0. The fourth-order valence-corrected chi connectivity index (χ4v) is 2.63. The topological polar surface area (TPSA) is 65.4 Å². The maximum atomic E-state index is 9.01. The van der Waals surface area contributed by atoms with Crippen LogP contribution in [0.1, 0.15) is 35.5 Å². The third kappa shape index (κ3) is 3.25. The van der Waals surface area contributed by atoms with Crippen molar-refractivity contribution < 1.29 is 10.2 Å². The molecule has 0 aromatic carbocycles. The molecule has 4 nitrogen and oxygen atoms in total. The molecule has 0 fully saturated rings. The van der Waals surface area contributed by atoms with Crippen molar-refractivity contribution in [1.82, 2.24) is 10.3 Å². The van der Waals surface area contributed by atoms with Crippen LogP contribution in [0.5, 0.6) is 0 Å². The lowest BCUT2D eigenvalue weighted by molar-refractivity contribution is 0.164. The van der Waals surface area contributed by atoms with E-state index in [4.69, 9.17) is 10.2 Å². The second-order valence-electron chi connectivity index (χ2n) is 3.86. The molecule has 1 unspecified atom stereocenters. The first-order chi connectivity index (χ1) is 7.62. The van der Waals surface area contributed by atoms with Crippen LogP contribution < -0.4 is 5.32 Å². The molecule has 0 aliphatic rings. The van der Waals surface area contributed by atoms with E-state index in [1.165, 1.54) is 4.88 Å². The van der Waals surface area contributed by atoms with Gasteiger partial charge in [-0.15, -0.1) is 11.3 Å². The van der Waals surface area contributed by atoms with Gasteiger partial charge in [-0.1, -0.05) is 6.92 Å². The zero-order chi connectivity index (χ0) is 12.1. The van der Waals surface area contributed by atoms with Crippen LogP contribution >= 0.6 is 11.3 Å². The normalized spacial score (nSPS) is 13.4. The molecular weight excluding hydrogens is 224 g/mol. The number of nitrogens with zero attached hydrogens (tertiary/aromatic N) is 1. The molecule has 0 aliphatic carbocycles. The van der Waals surface area contributed by atoms with Gasteiger partial charge in [-0.25, -0.2) is 4.98 Å². The van der Waals surface area contributed by atoms with Gasteiger partial charge in [0.05, 0.1) is 30.0 Å². The number of rotatable bonds is 6. The lowest BCUT2D eigenvalue weighted by Crippen LogP contribution is -2.37. The lowest BCUT2D eigenvalue weighted by atomic mass is 10.2. The molecule has 0 aliphatic heterocycles. The van der Waals surface area contributed by atoms with Crippen LogP contribution in [0.25, 0.3) is 0 Å². The van der Waals surface area contributed by atoms with Crippen LogP contribution in [0.4, 0.5) is 0 Å². The molecule has 5 heteroatoms. The lowest BCUT2D eigenvalue weighted by Gasteiger charge is -2.19. The molecule has 1 aromatic rings. The minimum absolute atomic E-state index is 0.0562. The van der Waals surface area contributed by atoms with Gasteiger partial charge < -0.3 is 15.5 Å². The number of aromatic nitrogens is 1. The molecule has 0 amide bonds. The molecule has 0 saturated carbocycles. The number of aliphatic hydroxyl groups is 2. The van der Waals surface area contributed by atoms with E-state index in [2.05, 4.69) is 17.2 Å². The number of hydrogen-bond donors (Lipinski definition) is 3. The SMILES string of the molecule is CCc1nc(C)c(C(C)NC(CO)CO)s1. The van der Waals surface area contributed by atoms with Crippen LogP contribution in [0.15, 0.2) is 0 Å². The molecule has 1 aromatic heterocycles. The van der Waals surface area contributed by atoms with Crippen LogP contribution in [-0.2, 0) is 6.42 Å². The third-order valence-corrected chi connectivity index (χ3v) is 3.98. The first-order valence-corrected chi connectivity index (χ1v) is 6.37. The Labute approximate surface area is 100 Å². The Kier molecular flexibility index (Phi) is 5.34. The van der Waals surface area contributed by atoms with E-state index in [1.807, 2.05) is 13.8 Å². The quantitative estimate of drug-likeness (QED) is 0.699. The van der Waals surface area contributed by atoms with Gasteiger partial charge in [0.25, 0.3) is 0 Å². The Morgan fingerprint density at radius 1 is 1.38 bits per heavy atom. The van der Waals surface area contributed by atoms with Crippen molar-refractivity contribution >= 4 is 11.3 Å². The fourth-order valence-electron chi connectivity index (χ4n) is 1.61. The average molecular weight is 244 g/mol. The number of thiazole rings is 1. The molecule has 92 valence electrons. The minimum Gasteiger partial charge on any atom is -0.395 e. The molecule has 0 radical (unpaired) electrons. The largest absolute Gasteiger partial charge is 0.395 e. The van der Waals surface area contributed by atoms with Gasteiger partial charge in [0.2, 0.25) is 0 Å². The van der Waals surface area contributed by atoms with Crippen molar-refractivity contribution in [3.05, 3.63) is 15.6 Å². The van der Waals surface area contributed by atoms with Crippen molar-refractivity contribution in [1.29, 1.82) is 0 Å². The molecule has 1 heterocycles. The highest BCUT2D eigenvalue weighted by Gasteiger charge is 2.16. The first-order valence-electron chi connectivity index (χ1n) is 5.56. The standard InChI is InChI=1S/C11H20N2O2S/c1-4-10-13-8(3)11(16-10)7(2)12-9(5-14)6-15/h7,9,12,14-15H,4-6H2,1-3H3. The maximum absolute atomic E-state index is 9.01. The highest BCUT2D eigenvalue weighted by atomic mass is 32.1. The van der Waals surface area contributed by atoms with E-state index in [1.54, 1.807) is 11.3 Å². The summed E-state index contributed by atoms with van der Waals surface area (Å²) in [5, 5.41) is 22.3. The fraction of sp³-hybridized carbons (Fsp3) is 0.727. The van der Waals surface area contributed by atoms with Gasteiger partial charge in [-0.2, -0.15) is 0 Å². The van der Waals surface area contributed by atoms with E-state index in [9.17, 15) is 0 Å². The summed E-state index contributed by atoms with van der Waals surface area (Å²) in [6.45, 7) is 6.00. The number of aryl methyl sites for hydroxylation is 2. The highest BCUT2D eigenvalue weighted by Crippen LogP contribution is 2.25. The molecule has 0 saturated heterocycles. The number of hydrogen-bond acceptors (Lipinski definition) is 5. The van der Waals surface area contributed by atoms with Gasteiger partial charge in [0, 0.05) is 10.9 Å². The summed E-state index contributed by atoms with van der Waals surface area (Å²) < 4.78 is 0. The summed E-state index contributed by atoms with van der Waals surface area (Å²) in [4.78, 5) is 5.65. The van der Waals surface area contributed by atoms with Gasteiger partial charge in [0.15, 0.2) is 0 Å². The van der Waals surface area contributed by atoms with E-state index in [0.29, 0.717) is 0 Å². The van der Waals surface area contributed by atoms with Crippen molar-refractivity contribution in [2.24, 2.45) is 0 Å². The second-order valence-corrected chi connectivity index (χ2v) is 4.98. The van der Waals surface area contributed by atoms with Gasteiger partial charge in [0.1, 0.15) is 0 Å². The summed E-state index contributed by atoms with van der Waals surface area (Å²) in [6.07, 6.45) is 0.946. The van der Waals surface area contributed by atoms with Crippen molar-refractivity contribution in [2.45, 2.75) is 39.3 Å². The zero-order valence-corrected chi connectivity index (χ0v) is 10.8. The summed E-state index contributed by atoms with van der Waals surface area (Å²) in [5.74, 6) is 0. The van der Waals surface area contributed by atoms with Gasteiger partial charge >= 0.3 is 0 Å². The Morgan fingerprint density at radius 3 is 2.44 bits per heavy atom. The Morgan fingerprint density at radius 2 is 2.00 bits per heavy atom. The Balaban J connectivity index is 2.71. The van der Waals surface area contributed by atoms with Crippen LogP contribution in [0.2, 0.25) is 0 Å². The Bertz CT molecular complexity index is 324. The summed E-state index contributed by atoms with van der Waals surface area (Å²) in [5.41, 5.74) is 1.04. The van der Waals surface area contributed by atoms with Crippen molar-refractivity contribution in [3.8, 4) is 0 Å². The predicted octanol–water partition coefficient (Wildman–Crippen LogP) is 1.02. The van der Waals surface area contributed by atoms with E-state index >= 15 is 0 Å². The van der Waals surface area contributed by atoms with Crippen molar-refractivity contribution in [3.63, 3.8) is 0 Å². The van der Waals surface area contributed by atoms with Gasteiger partial charge in [-0.3, -0.25) is 0 Å². The maximum Gasteiger partial charge on any atom is 0.0928 e. The first kappa shape index (κ1) is 13.6.